The molecular weight excluding hydrogens is 216 g/mol. The molecule has 17 heavy (non-hydrogen) atoms. The SMILES string of the molecule is CC(C)c1ccc(C(O)C(C)CC(=O)O)cc1. The molecule has 0 heterocycles. The van der Waals surface area contributed by atoms with Crippen LogP contribution in [0.5, 0.6) is 0 Å². The van der Waals surface area contributed by atoms with Crippen LogP contribution in [0.15, 0.2) is 24.3 Å². The van der Waals surface area contributed by atoms with Gasteiger partial charge in [-0.15, -0.1) is 0 Å². The lowest BCUT2D eigenvalue weighted by molar-refractivity contribution is -0.139. The second-order valence-corrected chi connectivity index (χ2v) is 4.84. The molecule has 0 aliphatic rings. The molecule has 0 saturated carbocycles. The average Bonchev–Trinajstić information content (AvgIpc) is 2.27. The van der Waals surface area contributed by atoms with E-state index >= 15 is 0 Å². The van der Waals surface area contributed by atoms with Gasteiger partial charge in [0.1, 0.15) is 0 Å². The first-order valence-electron chi connectivity index (χ1n) is 5.91. The van der Waals surface area contributed by atoms with Crippen LogP contribution in [-0.4, -0.2) is 16.2 Å². The lowest BCUT2D eigenvalue weighted by Crippen LogP contribution is -2.13. The average molecular weight is 236 g/mol. The van der Waals surface area contributed by atoms with Crippen molar-refractivity contribution in [1.82, 2.24) is 0 Å². The first-order chi connectivity index (χ1) is 7.91. The van der Waals surface area contributed by atoms with E-state index < -0.39 is 12.1 Å². The van der Waals surface area contributed by atoms with Gasteiger partial charge in [0.05, 0.1) is 12.5 Å². The highest BCUT2D eigenvalue weighted by Gasteiger charge is 2.19. The third kappa shape index (κ3) is 3.86. The van der Waals surface area contributed by atoms with E-state index in [-0.39, 0.29) is 12.3 Å². The molecule has 1 aromatic carbocycles. The highest BCUT2D eigenvalue weighted by Crippen LogP contribution is 2.25. The number of aliphatic carboxylic acids is 1. The Balaban J connectivity index is 2.75. The van der Waals surface area contributed by atoms with Crippen LogP contribution in [0.3, 0.4) is 0 Å². The normalized spacial score (nSPS) is 14.6. The van der Waals surface area contributed by atoms with E-state index in [1.807, 2.05) is 24.3 Å². The van der Waals surface area contributed by atoms with Gasteiger partial charge in [0.15, 0.2) is 0 Å². The lowest BCUT2D eigenvalue weighted by Gasteiger charge is -2.18. The fourth-order valence-electron chi connectivity index (χ4n) is 1.79. The Morgan fingerprint density at radius 2 is 1.59 bits per heavy atom. The molecule has 0 saturated heterocycles. The van der Waals surface area contributed by atoms with Crippen LogP contribution >= 0.6 is 0 Å². The second kappa shape index (κ2) is 5.82. The van der Waals surface area contributed by atoms with Crippen molar-refractivity contribution >= 4 is 5.97 Å². The third-order valence-corrected chi connectivity index (χ3v) is 2.98. The van der Waals surface area contributed by atoms with Gasteiger partial charge < -0.3 is 10.2 Å². The minimum Gasteiger partial charge on any atom is -0.481 e. The summed E-state index contributed by atoms with van der Waals surface area (Å²) in [5.74, 6) is -0.703. The summed E-state index contributed by atoms with van der Waals surface area (Å²) < 4.78 is 0. The summed E-state index contributed by atoms with van der Waals surface area (Å²) in [6.45, 7) is 5.96. The standard InChI is InChI=1S/C14H20O3/c1-9(2)11-4-6-12(7-5-11)14(17)10(3)8-13(15)16/h4-7,9-10,14,17H,8H2,1-3H3,(H,15,16). The van der Waals surface area contributed by atoms with E-state index in [1.54, 1.807) is 6.92 Å². The molecule has 0 amide bonds. The summed E-state index contributed by atoms with van der Waals surface area (Å²) in [5.41, 5.74) is 2.00. The Morgan fingerprint density at radius 3 is 2.00 bits per heavy atom. The van der Waals surface area contributed by atoms with Crippen LogP contribution in [0.4, 0.5) is 0 Å². The molecular formula is C14H20O3. The van der Waals surface area contributed by atoms with E-state index in [9.17, 15) is 9.90 Å². The predicted molar refractivity (Wildman–Crippen MR) is 66.9 cm³/mol. The van der Waals surface area contributed by atoms with Crippen molar-refractivity contribution in [2.24, 2.45) is 5.92 Å². The number of carboxylic acids is 1. The van der Waals surface area contributed by atoms with Crippen molar-refractivity contribution in [3.8, 4) is 0 Å². The number of rotatable bonds is 5. The molecule has 0 radical (unpaired) electrons. The van der Waals surface area contributed by atoms with E-state index in [4.69, 9.17) is 5.11 Å². The molecule has 2 atom stereocenters. The minimum atomic E-state index is -0.879. The lowest BCUT2D eigenvalue weighted by atomic mass is 9.93. The fraction of sp³-hybridized carbons (Fsp3) is 0.500. The van der Waals surface area contributed by atoms with Gasteiger partial charge in [0, 0.05) is 0 Å². The number of aliphatic hydroxyl groups is 1. The molecule has 0 bridgehead atoms. The number of carboxylic acid groups (broad SMARTS) is 1. The van der Waals surface area contributed by atoms with Gasteiger partial charge in [-0.25, -0.2) is 0 Å². The smallest absolute Gasteiger partial charge is 0.303 e. The van der Waals surface area contributed by atoms with Gasteiger partial charge in [-0.2, -0.15) is 0 Å². The molecule has 0 aliphatic carbocycles. The van der Waals surface area contributed by atoms with Crippen molar-refractivity contribution in [2.75, 3.05) is 0 Å². The van der Waals surface area contributed by atoms with E-state index in [0.29, 0.717) is 5.92 Å². The molecule has 3 heteroatoms. The Morgan fingerprint density at radius 1 is 1.12 bits per heavy atom. The van der Waals surface area contributed by atoms with Crippen LogP contribution in [0, 0.1) is 5.92 Å². The van der Waals surface area contributed by atoms with Crippen molar-refractivity contribution in [3.05, 3.63) is 35.4 Å². The summed E-state index contributed by atoms with van der Waals surface area (Å²) >= 11 is 0. The van der Waals surface area contributed by atoms with E-state index in [1.165, 1.54) is 5.56 Å². The highest BCUT2D eigenvalue weighted by atomic mass is 16.4. The summed E-state index contributed by atoms with van der Waals surface area (Å²) in [4.78, 5) is 10.6. The zero-order chi connectivity index (χ0) is 13.0. The number of hydrogen-bond acceptors (Lipinski definition) is 2. The monoisotopic (exact) mass is 236 g/mol. The molecule has 2 N–H and O–H groups in total. The van der Waals surface area contributed by atoms with Crippen molar-refractivity contribution in [3.63, 3.8) is 0 Å². The summed E-state index contributed by atoms with van der Waals surface area (Å²) in [7, 11) is 0. The van der Waals surface area contributed by atoms with Crippen molar-refractivity contribution in [2.45, 2.75) is 39.2 Å². The van der Waals surface area contributed by atoms with Gasteiger partial charge in [0.2, 0.25) is 0 Å². The Bertz CT molecular complexity index is 368. The van der Waals surface area contributed by atoms with Crippen LogP contribution < -0.4 is 0 Å². The number of carbonyl (C=O) groups is 1. The Kier molecular flexibility index (Phi) is 4.70. The fourth-order valence-corrected chi connectivity index (χ4v) is 1.79. The quantitative estimate of drug-likeness (QED) is 0.826. The summed E-state index contributed by atoms with van der Waals surface area (Å²) in [5, 5.41) is 18.7. The molecule has 0 spiro atoms. The first kappa shape index (κ1) is 13.7. The number of benzene rings is 1. The van der Waals surface area contributed by atoms with E-state index in [2.05, 4.69) is 13.8 Å². The second-order valence-electron chi connectivity index (χ2n) is 4.84. The summed E-state index contributed by atoms with van der Waals surface area (Å²) in [6.07, 6.45) is -0.736. The molecule has 0 aromatic heterocycles. The maximum Gasteiger partial charge on any atom is 0.303 e. The van der Waals surface area contributed by atoms with Crippen LogP contribution in [0.1, 0.15) is 50.3 Å². The van der Waals surface area contributed by atoms with Crippen LogP contribution in [0.2, 0.25) is 0 Å². The van der Waals surface area contributed by atoms with Crippen molar-refractivity contribution in [1.29, 1.82) is 0 Å². The number of hydrogen-bond donors (Lipinski definition) is 2. The largest absolute Gasteiger partial charge is 0.481 e. The van der Waals surface area contributed by atoms with Gasteiger partial charge in [-0.3, -0.25) is 4.79 Å². The molecule has 1 rings (SSSR count). The van der Waals surface area contributed by atoms with Crippen LogP contribution in [-0.2, 0) is 4.79 Å². The Labute approximate surface area is 102 Å². The third-order valence-electron chi connectivity index (χ3n) is 2.98. The molecule has 0 aliphatic heterocycles. The van der Waals surface area contributed by atoms with Gasteiger partial charge in [-0.05, 0) is 23.0 Å². The molecule has 94 valence electrons. The topological polar surface area (TPSA) is 57.5 Å². The van der Waals surface area contributed by atoms with Gasteiger partial charge >= 0.3 is 5.97 Å². The van der Waals surface area contributed by atoms with Gasteiger partial charge in [0.25, 0.3) is 0 Å². The number of aliphatic hydroxyl groups excluding tert-OH is 1. The first-order valence-corrected chi connectivity index (χ1v) is 5.91. The minimum absolute atomic E-state index is 0.0207. The van der Waals surface area contributed by atoms with E-state index in [0.717, 1.165) is 5.56 Å². The van der Waals surface area contributed by atoms with Crippen molar-refractivity contribution < 1.29 is 15.0 Å². The van der Waals surface area contributed by atoms with Gasteiger partial charge in [-0.1, -0.05) is 45.0 Å². The maximum atomic E-state index is 10.6. The van der Waals surface area contributed by atoms with Crippen LogP contribution in [0.25, 0.3) is 0 Å². The summed E-state index contributed by atoms with van der Waals surface area (Å²) in [6, 6.07) is 7.71. The maximum absolute atomic E-state index is 10.6. The molecule has 0 fully saturated rings. The highest BCUT2D eigenvalue weighted by molar-refractivity contribution is 5.67. The molecule has 1 aromatic rings. The zero-order valence-electron chi connectivity index (χ0n) is 10.6. The Hall–Kier alpha value is -1.35. The molecule has 3 nitrogen and oxygen atoms in total. The zero-order valence-corrected chi connectivity index (χ0v) is 10.6. The molecule has 2 unspecified atom stereocenters. The predicted octanol–water partition coefficient (Wildman–Crippen LogP) is 2.95.